The molecule has 388 valence electrons. The van der Waals surface area contributed by atoms with Gasteiger partial charge in [-0.05, 0) is 54.0 Å². The number of β-amino-alcohol motifs (C(OH)–C–C–N with tert-alkyl or cyclic N) is 1. The minimum absolute atomic E-state index is 0.0347. The number of hydrogen-bond acceptors (Lipinski definition) is 14. The Hall–Kier alpha value is -6.50. The number of likely N-dealkylation sites (tertiary alicyclic amines) is 1. The molecule has 0 aromatic heterocycles. The molecule has 3 rings (SSSR count). The van der Waals surface area contributed by atoms with E-state index >= 15 is 0 Å². The maximum atomic E-state index is 14.5. The fraction of sp³-hybridized carbons (Fsp3) is 0.622. The monoisotopic (exact) mass is 1000 g/mol. The number of carbonyl (C=O) groups is 11. The molecule has 1 aromatic rings. The lowest BCUT2D eigenvalue weighted by molar-refractivity contribution is -0.142. The van der Waals surface area contributed by atoms with Gasteiger partial charge in [0, 0.05) is 38.0 Å². The van der Waals surface area contributed by atoms with E-state index in [0.29, 0.717) is 12.0 Å². The minimum Gasteiger partial charge on any atom is -0.508 e. The average Bonchev–Trinajstić information content (AvgIpc) is 3.67. The van der Waals surface area contributed by atoms with Crippen molar-refractivity contribution in [2.24, 2.45) is 28.5 Å². The van der Waals surface area contributed by atoms with E-state index in [-0.39, 0.29) is 55.9 Å². The molecule has 11 amide bonds. The van der Waals surface area contributed by atoms with Crippen molar-refractivity contribution in [1.29, 1.82) is 0 Å². The summed E-state index contributed by atoms with van der Waals surface area (Å²) < 4.78 is 0. The van der Waals surface area contributed by atoms with Crippen LogP contribution in [0.4, 0.5) is 0 Å². The van der Waals surface area contributed by atoms with Crippen LogP contribution in [-0.4, -0.2) is 153 Å². The van der Waals surface area contributed by atoms with Crippen molar-refractivity contribution in [3.63, 3.8) is 0 Å². The van der Waals surface area contributed by atoms with Gasteiger partial charge in [0.05, 0.1) is 19.1 Å². The zero-order chi connectivity index (χ0) is 52.5. The first-order chi connectivity index (χ1) is 32.8. The normalized spacial score (nSPS) is 24.3. The predicted octanol–water partition coefficient (Wildman–Crippen LogP) is -3.44. The van der Waals surface area contributed by atoms with E-state index in [1.165, 1.54) is 12.1 Å². The second kappa shape index (κ2) is 27.0. The summed E-state index contributed by atoms with van der Waals surface area (Å²) in [4.78, 5) is 148. The number of carbonyl (C=O) groups excluding carboxylic acids is 11. The van der Waals surface area contributed by atoms with Gasteiger partial charge in [-0.25, -0.2) is 0 Å². The molecule has 0 saturated carbocycles. The molecule has 2 heterocycles. The van der Waals surface area contributed by atoms with Gasteiger partial charge >= 0.3 is 0 Å². The van der Waals surface area contributed by atoms with E-state index < -0.39 is 151 Å². The Morgan fingerprint density at radius 3 is 2.07 bits per heavy atom. The molecule has 25 heteroatoms. The van der Waals surface area contributed by atoms with Gasteiger partial charge in [-0.3, -0.25) is 52.7 Å². The first kappa shape index (κ1) is 57.8. The molecule has 2 fully saturated rings. The van der Waals surface area contributed by atoms with Crippen LogP contribution in [0.15, 0.2) is 24.3 Å². The molecule has 1 aromatic carbocycles. The number of benzene rings is 1. The number of aliphatic hydroxyl groups excluding tert-OH is 1. The molecule has 2 saturated heterocycles. The Morgan fingerprint density at radius 2 is 1.47 bits per heavy atom. The van der Waals surface area contributed by atoms with Gasteiger partial charge in [0.2, 0.25) is 65.0 Å². The van der Waals surface area contributed by atoms with Gasteiger partial charge in [0.25, 0.3) is 0 Å². The van der Waals surface area contributed by atoms with E-state index in [1.54, 1.807) is 46.8 Å². The Balaban J connectivity index is 2.05. The SMILES string of the molecule is CC[C@H](C)[C@@H]1NC(=O)[C@H](Cc2ccc(O)cc2)NC(=O)CCCSC[C@@H](C(=O)N2C[C@H](O)C[C@H]2C(=O)N[C@@H](CC(C)(C)C)C(=O)NCC(N)=O)NC(=O)[C@H](CC(N)=O)NC(=O)[C@H](CCC(N)=O)NC1=O. The Morgan fingerprint density at radius 1 is 0.843 bits per heavy atom. The number of aromatic hydroxyl groups is 1. The second-order valence-electron chi connectivity index (χ2n) is 18.8. The lowest BCUT2D eigenvalue weighted by Gasteiger charge is -2.31. The molecular formula is C45H69N11O13S. The quantitative estimate of drug-likeness (QED) is 0.0767. The lowest BCUT2D eigenvalue weighted by Crippen LogP contribution is -2.61. The maximum Gasteiger partial charge on any atom is 0.246 e. The molecule has 0 aliphatic carbocycles. The summed E-state index contributed by atoms with van der Waals surface area (Å²) in [6, 6.07) is -4.09. The third-order valence-electron chi connectivity index (χ3n) is 11.5. The van der Waals surface area contributed by atoms with Gasteiger partial charge in [0.15, 0.2) is 0 Å². The van der Waals surface area contributed by atoms with Crippen molar-refractivity contribution in [1.82, 2.24) is 42.1 Å². The largest absolute Gasteiger partial charge is 0.508 e. The van der Waals surface area contributed by atoms with Crippen LogP contribution >= 0.6 is 11.8 Å². The van der Waals surface area contributed by atoms with Crippen LogP contribution in [0.5, 0.6) is 5.75 Å². The van der Waals surface area contributed by atoms with Crippen LogP contribution < -0.4 is 54.4 Å². The number of nitrogens with two attached hydrogens (primary N) is 3. The number of nitrogens with one attached hydrogen (secondary N) is 7. The zero-order valence-electron chi connectivity index (χ0n) is 40.2. The topological polar surface area (TPSA) is 394 Å². The molecule has 0 bridgehead atoms. The van der Waals surface area contributed by atoms with E-state index in [4.69, 9.17) is 17.2 Å². The van der Waals surface area contributed by atoms with E-state index in [2.05, 4.69) is 37.2 Å². The van der Waals surface area contributed by atoms with Crippen LogP contribution in [0.1, 0.15) is 91.5 Å². The van der Waals surface area contributed by atoms with Crippen LogP contribution in [0, 0.1) is 11.3 Å². The number of primary amides is 3. The molecule has 24 nitrogen and oxygen atoms in total. The van der Waals surface area contributed by atoms with Crippen molar-refractivity contribution >= 4 is 76.7 Å². The summed E-state index contributed by atoms with van der Waals surface area (Å²) in [6.07, 6.45) is -2.71. The smallest absolute Gasteiger partial charge is 0.246 e. The summed E-state index contributed by atoms with van der Waals surface area (Å²) in [5, 5.41) is 38.5. The maximum absolute atomic E-state index is 14.5. The first-order valence-corrected chi connectivity index (χ1v) is 24.2. The van der Waals surface area contributed by atoms with Crippen LogP contribution in [0.2, 0.25) is 0 Å². The summed E-state index contributed by atoms with van der Waals surface area (Å²) >= 11 is 1.11. The number of rotatable bonds is 16. The van der Waals surface area contributed by atoms with Gasteiger partial charge < -0.3 is 69.5 Å². The van der Waals surface area contributed by atoms with Gasteiger partial charge in [-0.15, -0.1) is 0 Å². The van der Waals surface area contributed by atoms with E-state index in [1.807, 2.05) is 0 Å². The highest BCUT2D eigenvalue weighted by Crippen LogP contribution is 2.24. The van der Waals surface area contributed by atoms with Gasteiger partial charge in [-0.1, -0.05) is 53.2 Å². The molecule has 9 atom stereocenters. The Bertz CT molecular complexity index is 2090. The van der Waals surface area contributed by atoms with Crippen LogP contribution in [0.3, 0.4) is 0 Å². The Kier molecular flexibility index (Phi) is 22.3. The van der Waals surface area contributed by atoms with Crippen molar-refractivity contribution < 1.29 is 63.0 Å². The number of aliphatic hydroxyl groups is 1. The van der Waals surface area contributed by atoms with Crippen molar-refractivity contribution in [2.75, 3.05) is 24.6 Å². The third kappa shape index (κ3) is 19.1. The van der Waals surface area contributed by atoms with Crippen molar-refractivity contribution in [3.05, 3.63) is 29.8 Å². The summed E-state index contributed by atoms with van der Waals surface area (Å²) in [5.41, 5.74) is 16.1. The number of nitrogens with zero attached hydrogens (tertiary/aromatic N) is 1. The molecule has 0 unspecified atom stereocenters. The highest BCUT2D eigenvalue weighted by molar-refractivity contribution is 7.99. The highest BCUT2D eigenvalue weighted by atomic mass is 32.2. The molecular weight excluding hydrogens is 935 g/mol. The standard InChI is InChI=1S/C45H69N11O13S/c1-6-23(2)37-43(68)51-27(13-14-33(46)59)39(64)52-29(18-34(47)60)40(65)54-31(22-70-15-7-8-36(62)50-28(41(66)55-37)16-24-9-11-25(57)12-10-24)44(69)56-21-26(58)17-32(56)42(67)53-30(19-45(3,4)5)38(63)49-20-35(48)61/h9-12,23,26-32,37,57-58H,6-8,13-22H2,1-5H3,(H2,46,59)(H2,47,60)(H2,48,61)(H,49,63)(H,50,62)(H,51,68)(H,52,64)(H,53,67)(H,54,65)(H,55,66)/t23-,26+,27-,28-,29-,30-,31-,32-,37-/m0/s1. The Labute approximate surface area is 410 Å². The number of thioether (sulfide) groups is 1. The first-order valence-electron chi connectivity index (χ1n) is 23.1. The predicted molar refractivity (Wildman–Crippen MR) is 254 cm³/mol. The van der Waals surface area contributed by atoms with Crippen molar-refractivity contribution in [3.8, 4) is 5.75 Å². The lowest BCUT2D eigenvalue weighted by atomic mass is 9.87. The van der Waals surface area contributed by atoms with Gasteiger partial charge in [-0.2, -0.15) is 11.8 Å². The molecule has 0 spiro atoms. The molecule has 70 heavy (non-hydrogen) atoms. The molecule has 2 aliphatic rings. The highest BCUT2D eigenvalue weighted by Gasteiger charge is 2.44. The molecule has 15 N–H and O–H groups in total. The fourth-order valence-corrected chi connectivity index (χ4v) is 8.65. The van der Waals surface area contributed by atoms with E-state index in [9.17, 15) is 63.0 Å². The van der Waals surface area contributed by atoms with Crippen LogP contribution in [-0.2, 0) is 59.2 Å². The summed E-state index contributed by atoms with van der Waals surface area (Å²) in [5.74, 6) is -10.1. The summed E-state index contributed by atoms with van der Waals surface area (Å²) in [7, 11) is 0. The van der Waals surface area contributed by atoms with Crippen LogP contribution in [0.25, 0.3) is 0 Å². The zero-order valence-corrected chi connectivity index (χ0v) is 41.0. The number of phenols is 1. The average molecular weight is 1000 g/mol. The third-order valence-corrected chi connectivity index (χ3v) is 12.7. The number of hydrogen-bond donors (Lipinski definition) is 12. The minimum atomic E-state index is -1.78. The van der Waals surface area contributed by atoms with E-state index in [0.717, 1.165) is 16.7 Å². The number of phenolic OH excluding ortho intramolecular Hbond substituents is 1. The fourth-order valence-electron chi connectivity index (χ4n) is 7.68. The molecule has 2 aliphatic heterocycles. The number of amides is 11. The summed E-state index contributed by atoms with van der Waals surface area (Å²) in [6.45, 7) is 7.93. The molecule has 0 radical (unpaired) electrons. The van der Waals surface area contributed by atoms with Crippen molar-refractivity contribution in [2.45, 2.75) is 141 Å². The second-order valence-corrected chi connectivity index (χ2v) is 20.0. The van der Waals surface area contributed by atoms with Gasteiger partial charge in [0.1, 0.15) is 48.0 Å².